The molecule has 3 heteroatoms. The summed E-state index contributed by atoms with van der Waals surface area (Å²) in [6.07, 6.45) is 10.3. The van der Waals surface area contributed by atoms with Gasteiger partial charge in [0.2, 0.25) is 0 Å². The summed E-state index contributed by atoms with van der Waals surface area (Å²) >= 11 is 0. The molecule has 2 aromatic rings. The van der Waals surface area contributed by atoms with Gasteiger partial charge in [-0.2, -0.15) is 0 Å². The molecule has 3 rings (SSSR count). The van der Waals surface area contributed by atoms with Crippen molar-refractivity contribution in [1.82, 2.24) is 9.97 Å². The maximum atomic E-state index is 4.31. The monoisotopic (exact) mass is 209 g/mol. The van der Waals surface area contributed by atoms with Gasteiger partial charge in [0.1, 0.15) is 0 Å². The van der Waals surface area contributed by atoms with E-state index in [4.69, 9.17) is 0 Å². The third-order valence-corrected chi connectivity index (χ3v) is 2.64. The molecule has 1 aliphatic rings. The molecular formula is C13H11N3. The van der Waals surface area contributed by atoms with Gasteiger partial charge in [0.05, 0.1) is 11.9 Å². The van der Waals surface area contributed by atoms with Gasteiger partial charge in [-0.3, -0.25) is 4.98 Å². The highest BCUT2D eigenvalue weighted by molar-refractivity contribution is 5.68. The van der Waals surface area contributed by atoms with E-state index in [1.54, 1.807) is 18.6 Å². The lowest BCUT2D eigenvalue weighted by atomic mass is 10.1. The van der Waals surface area contributed by atoms with Gasteiger partial charge >= 0.3 is 0 Å². The SMILES string of the molecule is C1=CN(c2cnccn2)c2ccccc2C1. The van der Waals surface area contributed by atoms with Gasteiger partial charge in [-0.25, -0.2) is 4.98 Å². The molecule has 0 fully saturated rings. The summed E-state index contributed by atoms with van der Waals surface area (Å²) in [5.41, 5.74) is 2.50. The summed E-state index contributed by atoms with van der Waals surface area (Å²) in [5.74, 6) is 0.853. The Labute approximate surface area is 94.1 Å². The third-order valence-electron chi connectivity index (χ3n) is 2.64. The van der Waals surface area contributed by atoms with Crippen molar-refractivity contribution in [1.29, 1.82) is 0 Å². The number of allylic oxidation sites excluding steroid dienone is 1. The Kier molecular flexibility index (Phi) is 2.14. The van der Waals surface area contributed by atoms with Crippen LogP contribution in [-0.2, 0) is 6.42 Å². The van der Waals surface area contributed by atoms with Crippen molar-refractivity contribution in [3.63, 3.8) is 0 Å². The number of nitrogens with zero attached hydrogens (tertiary/aromatic N) is 3. The lowest BCUT2D eigenvalue weighted by Crippen LogP contribution is -2.15. The smallest absolute Gasteiger partial charge is 0.155 e. The summed E-state index contributed by atoms with van der Waals surface area (Å²) in [7, 11) is 0. The van der Waals surface area contributed by atoms with Crippen molar-refractivity contribution >= 4 is 11.5 Å². The number of hydrogen-bond donors (Lipinski definition) is 0. The second-order valence-corrected chi connectivity index (χ2v) is 3.65. The van der Waals surface area contributed by atoms with Gasteiger partial charge in [0, 0.05) is 18.6 Å². The summed E-state index contributed by atoms with van der Waals surface area (Å²) in [5, 5.41) is 0. The minimum absolute atomic E-state index is 0.853. The van der Waals surface area contributed by atoms with Gasteiger partial charge in [-0.1, -0.05) is 24.3 Å². The first-order valence-corrected chi connectivity index (χ1v) is 5.25. The van der Waals surface area contributed by atoms with Crippen molar-refractivity contribution < 1.29 is 0 Å². The molecule has 2 heterocycles. The van der Waals surface area contributed by atoms with Crippen LogP contribution in [-0.4, -0.2) is 9.97 Å². The second kappa shape index (κ2) is 3.77. The van der Waals surface area contributed by atoms with E-state index < -0.39 is 0 Å². The third kappa shape index (κ3) is 1.46. The largest absolute Gasteiger partial charge is 0.301 e. The summed E-state index contributed by atoms with van der Waals surface area (Å²) in [6.45, 7) is 0. The number of aromatic nitrogens is 2. The number of fused-ring (bicyclic) bond motifs is 1. The fraction of sp³-hybridized carbons (Fsp3) is 0.0769. The fourth-order valence-corrected chi connectivity index (χ4v) is 1.90. The lowest BCUT2D eigenvalue weighted by molar-refractivity contribution is 1.07. The van der Waals surface area contributed by atoms with Crippen molar-refractivity contribution in [3.05, 3.63) is 60.7 Å². The molecule has 3 nitrogen and oxygen atoms in total. The average Bonchev–Trinajstić information content (AvgIpc) is 2.39. The van der Waals surface area contributed by atoms with Crippen molar-refractivity contribution in [2.45, 2.75) is 6.42 Å². The summed E-state index contributed by atoms with van der Waals surface area (Å²) in [4.78, 5) is 10.5. The van der Waals surface area contributed by atoms with Crippen LogP contribution in [0.3, 0.4) is 0 Å². The minimum Gasteiger partial charge on any atom is -0.301 e. The highest BCUT2D eigenvalue weighted by atomic mass is 15.2. The molecule has 0 aliphatic carbocycles. The summed E-state index contributed by atoms with van der Waals surface area (Å²) in [6, 6.07) is 8.35. The highest BCUT2D eigenvalue weighted by Gasteiger charge is 2.14. The second-order valence-electron chi connectivity index (χ2n) is 3.65. The highest BCUT2D eigenvalue weighted by Crippen LogP contribution is 2.30. The number of benzene rings is 1. The predicted octanol–water partition coefficient (Wildman–Crippen LogP) is 2.68. The molecule has 16 heavy (non-hydrogen) atoms. The lowest BCUT2D eigenvalue weighted by Gasteiger charge is -2.24. The molecule has 1 aromatic carbocycles. The molecule has 0 bridgehead atoms. The van der Waals surface area contributed by atoms with Crippen LogP contribution >= 0.6 is 0 Å². The molecule has 0 amide bonds. The molecule has 0 saturated heterocycles. The van der Waals surface area contributed by atoms with Crippen molar-refractivity contribution in [3.8, 4) is 0 Å². The van der Waals surface area contributed by atoms with Crippen molar-refractivity contribution in [2.75, 3.05) is 4.90 Å². The standard InChI is InChI=1S/C13H11N3/c1-2-6-12-11(4-1)5-3-9-16(12)13-10-14-7-8-15-13/h1-4,6-10H,5H2. The molecular weight excluding hydrogens is 198 g/mol. The van der Waals surface area contributed by atoms with Gasteiger partial charge in [0.15, 0.2) is 5.82 Å². The normalized spacial score (nSPS) is 13.6. The van der Waals surface area contributed by atoms with Crippen LogP contribution < -0.4 is 4.90 Å². The Morgan fingerprint density at radius 1 is 1.12 bits per heavy atom. The van der Waals surface area contributed by atoms with E-state index in [1.807, 2.05) is 12.3 Å². The molecule has 0 spiro atoms. The maximum Gasteiger partial charge on any atom is 0.155 e. The van der Waals surface area contributed by atoms with Gasteiger partial charge in [0.25, 0.3) is 0 Å². The molecule has 0 N–H and O–H groups in total. The van der Waals surface area contributed by atoms with Gasteiger partial charge < -0.3 is 4.90 Å². The topological polar surface area (TPSA) is 29.0 Å². The first-order chi connectivity index (χ1) is 7.95. The van der Waals surface area contributed by atoms with Crippen LogP contribution in [0.15, 0.2) is 55.1 Å². The van der Waals surface area contributed by atoms with E-state index in [-0.39, 0.29) is 0 Å². The average molecular weight is 209 g/mol. The van der Waals surface area contributed by atoms with E-state index in [0.29, 0.717) is 0 Å². The van der Waals surface area contributed by atoms with Crippen LogP contribution in [0.1, 0.15) is 5.56 Å². The van der Waals surface area contributed by atoms with E-state index in [1.165, 1.54) is 11.3 Å². The predicted molar refractivity (Wildman–Crippen MR) is 63.5 cm³/mol. The van der Waals surface area contributed by atoms with Crippen molar-refractivity contribution in [2.24, 2.45) is 0 Å². The minimum atomic E-state index is 0.853. The zero-order valence-corrected chi connectivity index (χ0v) is 8.74. The summed E-state index contributed by atoms with van der Waals surface area (Å²) < 4.78 is 0. The Morgan fingerprint density at radius 3 is 2.94 bits per heavy atom. The molecule has 0 saturated carbocycles. The molecule has 1 aromatic heterocycles. The fourth-order valence-electron chi connectivity index (χ4n) is 1.90. The molecule has 0 unspecified atom stereocenters. The Bertz CT molecular complexity index is 520. The van der Waals surface area contributed by atoms with E-state index in [0.717, 1.165) is 12.2 Å². The maximum absolute atomic E-state index is 4.31. The number of anilines is 2. The molecule has 0 radical (unpaired) electrons. The van der Waals surface area contributed by atoms with Gasteiger partial charge in [-0.05, 0) is 18.1 Å². The number of para-hydroxylation sites is 1. The first kappa shape index (κ1) is 9.09. The number of hydrogen-bond acceptors (Lipinski definition) is 3. The Balaban J connectivity index is 2.09. The van der Waals surface area contributed by atoms with Crippen LogP contribution in [0.4, 0.5) is 11.5 Å². The Morgan fingerprint density at radius 2 is 2.06 bits per heavy atom. The van der Waals surface area contributed by atoms with Gasteiger partial charge in [-0.15, -0.1) is 0 Å². The first-order valence-electron chi connectivity index (χ1n) is 5.25. The molecule has 78 valence electrons. The van der Waals surface area contributed by atoms with E-state index in [9.17, 15) is 0 Å². The molecule has 1 aliphatic heterocycles. The quantitative estimate of drug-likeness (QED) is 0.723. The van der Waals surface area contributed by atoms with Crippen LogP contribution in [0.25, 0.3) is 0 Å². The van der Waals surface area contributed by atoms with Crippen LogP contribution in [0.5, 0.6) is 0 Å². The van der Waals surface area contributed by atoms with Crippen LogP contribution in [0.2, 0.25) is 0 Å². The zero-order valence-electron chi connectivity index (χ0n) is 8.74. The van der Waals surface area contributed by atoms with E-state index in [2.05, 4.69) is 39.1 Å². The van der Waals surface area contributed by atoms with Crippen LogP contribution in [0, 0.1) is 0 Å². The zero-order chi connectivity index (χ0) is 10.8. The van der Waals surface area contributed by atoms with E-state index >= 15 is 0 Å². The number of rotatable bonds is 1. The Hall–Kier alpha value is -2.16. The molecule has 0 atom stereocenters.